The molecule has 2 nitrogen and oxygen atoms in total. The first-order valence-corrected chi connectivity index (χ1v) is 7.05. The van der Waals surface area contributed by atoms with Crippen molar-refractivity contribution in [2.45, 2.75) is 37.5 Å². The largest absolute Gasteiger partial charge is 0.224 e. The van der Waals surface area contributed by atoms with Gasteiger partial charge in [-0.15, -0.1) is 0 Å². The molecule has 0 aliphatic heterocycles. The van der Waals surface area contributed by atoms with Crippen LogP contribution in [0.3, 0.4) is 0 Å². The van der Waals surface area contributed by atoms with Crippen LogP contribution in [-0.4, -0.2) is 14.2 Å². The Balaban J connectivity index is 3.05. The van der Waals surface area contributed by atoms with Crippen molar-refractivity contribution in [3.63, 3.8) is 0 Å². The van der Waals surface area contributed by atoms with E-state index in [0.717, 1.165) is 5.56 Å². The lowest BCUT2D eigenvalue weighted by Crippen LogP contribution is -2.12. The summed E-state index contributed by atoms with van der Waals surface area (Å²) in [5.74, 6) is 0.113. The predicted octanol–water partition coefficient (Wildman–Crippen LogP) is 2.98. The van der Waals surface area contributed by atoms with Gasteiger partial charge < -0.3 is 0 Å². The Morgan fingerprint density at radius 3 is 2.00 bits per heavy atom. The smallest absolute Gasteiger partial charge is 0.178 e. The lowest BCUT2D eigenvalue weighted by Gasteiger charge is -2.19. The molecule has 0 N–H and O–H groups in total. The van der Waals surface area contributed by atoms with E-state index >= 15 is 0 Å². The molecule has 0 saturated carbocycles. The van der Waals surface area contributed by atoms with E-state index < -0.39 is 9.84 Å². The van der Waals surface area contributed by atoms with Gasteiger partial charge in [0.1, 0.15) is 0 Å². The number of hydrogen-bond donors (Lipinski definition) is 0. The first kappa shape index (κ1) is 13.2. The fourth-order valence-corrected chi connectivity index (χ4v) is 2.64. The van der Waals surface area contributed by atoms with Crippen molar-refractivity contribution in [1.82, 2.24) is 0 Å². The zero-order valence-electron chi connectivity index (χ0n) is 10.2. The second kappa shape index (κ2) is 4.58. The molecular weight excluding hydrogens is 220 g/mol. The van der Waals surface area contributed by atoms with Gasteiger partial charge in [0.25, 0.3) is 0 Å². The van der Waals surface area contributed by atoms with Gasteiger partial charge >= 0.3 is 0 Å². The third-order valence-electron chi connectivity index (χ3n) is 2.49. The van der Waals surface area contributed by atoms with E-state index in [1.807, 2.05) is 12.1 Å². The summed E-state index contributed by atoms with van der Waals surface area (Å²) in [5.41, 5.74) is 1.19. The highest BCUT2D eigenvalue weighted by Gasteiger charge is 2.16. The van der Waals surface area contributed by atoms with Gasteiger partial charge in [-0.3, -0.25) is 0 Å². The third-order valence-corrected chi connectivity index (χ3v) is 4.31. The fourth-order valence-electron chi connectivity index (χ4n) is 1.47. The topological polar surface area (TPSA) is 34.1 Å². The van der Waals surface area contributed by atoms with Crippen LogP contribution in [0.5, 0.6) is 0 Å². The van der Waals surface area contributed by atoms with Crippen molar-refractivity contribution in [3.05, 3.63) is 36.8 Å². The van der Waals surface area contributed by atoms with E-state index in [0.29, 0.717) is 11.3 Å². The van der Waals surface area contributed by atoms with Crippen molar-refractivity contribution >= 4 is 9.84 Å². The van der Waals surface area contributed by atoms with E-state index in [2.05, 4.69) is 27.7 Å². The molecule has 1 radical (unpaired) electrons. The molecule has 1 rings (SSSR count). The number of sulfone groups is 1. The average Bonchev–Trinajstić information content (AvgIpc) is 2.16. The molecule has 0 atom stereocenters. The van der Waals surface area contributed by atoms with Crippen LogP contribution in [0.4, 0.5) is 0 Å². The van der Waals surface area contributed by atoms with Crippen LogP contribution < -0.4 is 0 Å². The minimum atomic E-state index is -3.14. The summed E-state index contributed by atoms with van der Waals surface area (Å²) < 4.78 is 23.5. The maximum atomic E-state index is 11.8. The molecule has 0 bridgehead atoms. The summed E-state index contributed by atoms with van der Waals surface area (Å²) in [6.45, 7) is 9.88. The van der Waals surface area contributed by atoms with Crippen LogP contribution in [0.15, 0.2) is 29.2 Å². The van der Waals surface area contributed by atoms with E-state index in [-0.39, 0.29) is 11.2 Å². The molecule has 0 unspecified atom stereocenters. The fraction of sp³-hybridized carbons (Fsp3) is 0.462. The standard InChI is InChI=1S/C13H19O2S/c1-5-10-16(14,15)12-8-6-11(7-9-12)13(2,3)4/h6-9H,1,5,10H2,2-4H3. The number of rotatable bonds is 3. The summed E-state index contributed by atoms with van der Waals surface area (Å²) in [6, 6.07) is 7.14. The monoisotopic (exact) mass is 239 g/mol. The molecule has 0 heterocycles. The average molecular weight is 239 g/mol. The van der Waals surface area contributed by atoms with Gasteiger partial charge in [0.15, 0.2) is 9.84 Å². The maximum Gasteiger partial charge on any atom is 0.178 e. The molecule has 1 aromatic carbocycles. The Kier molecular flexibility index (Phi) is 3.79. The predicted molar refractivity (Wildman–Crippen MR) is 67.2 cm³/mol. The van der Waals surface area contributed by atoms with Gasteiger partial charge in [-0.2, -0.15) is 0 Å². The Morgan fingerprint density at radius 1 is 1.12 bits per heavy atom. The van der Waals surface area contributed by atoms with Crippen LogP contribution in [0.1, 0.15) is 32.8 Å². The Labute approximate surface area is 98.6 Å². The molecule has 0 saturated heterocycles. The van der Waals surface area contributed by atoms with E-state index in [1.165, 1.54) is 0 Å². The highest BCUT2D eigenvalue weighted by Crippen LogP contribution is 2.23. The van der Waals surface area contributed by atoms with Crippen molar-refractivity contribution < 1.29 is 8.42 Å². The third kappa shape index (κ3) is 3.08. The van der Waals surface area contributed by atoms with Gasteiger partial charge in [0, 0.05) is 0 Å². The van der Waals surface area contributed by atoms with Gasteiger partial charge in [-0.25, -0.2) is 8.42 Å². The van der Waals surface area contributed by atoms with Crippen LogP contribution in [0, 0.1) is 6.92 Å². The summed E-state index contributed by atoms with van der Waals surface area (Å²) >= 11 is 0. The Hall–Kier alpha value is -0.830. The van der Waals surface area contributed by atoms with Gasteiger partial charge in [-0.05, 0) is 29.5 Å². The molecule has 16 heavy (non-hydrogen) atoms. The lowest BCUT2D eigenvalue weighted by atomic mass is 9.87. The van der Waals surface area contributed by atoms with E-state index in [9.17, 15) is 8.42 Å². The normalized spacial score (nSPS) is 12.8. The number of hydrogen-bond acceptors (Lipinski definition) is 2. The van der Waals surface area contributed by atoms with Crippen molar-refractivity contribution in [3.8, 4) is 0 Å². The molecule has 89 valence electrons. The molecule has 0 aliphatic carbocycles. The molecule has 0 amide bonds. The molecule has 0 aromatic heterocycles. The number of benzene rings is 1. The van der Waals surface area contributed by atoms with Crippen molar-refractivity contribution in [2.75, 3.05) is 5.75 Å². The van der Waals surface area contributed by atoms with Gasteiger partial charge in [0.05, 0.1) is 10.6 Å². The SMILES string of the molecule is [CH2]CCS(=O)(=O)c1ccc(C(C)(C)C)cc1. The summed E-state index contributed by atoms with van der Waals surface area (Å²) in [7, 11) is -3.14. The van der Waals surface area contributed by atoms with E-state index in [1.54, 1.807) is 12.1 Å². The lowest BCUT2D eigenvalue weighted by molar-refractivity contribution is 0.586. The summed E-state index contributed by atoms with van der Waals surface area (Å²) in [4.78, 5) is 0.393. The van der Waals surface area contributed by atoms with Crippen LogP contribution in [0.2, 0.25) is 0 Å². The minimum absolute atomic E-state index is 0.0502. The maximum absolute atomic E-state index is 11.8. The zero-order valence-corrected chi connectivity index (χ0v) is 11.0. The quantitative estimate of drug-likeness (QED) is 0.812. The molecule has 0 spiro atoms. The molecule has 1 aromatic rings. The Morgan fingerprint density at radius 2 is 1.62 bits per heavy atom. The highest BCUT2D eigenvalue weighted by molar-refractivity contribution is 7.91. The van der Waals surface area contributed by atoms with Gasteiger partial charge in [-0.1, -0.05) is 39.8 Å². The van der Waals surface area contributed by atoms with Crippen LogP contribution >= 0.6 is 0 Å². The van der Waals surface area contributed by atoms with Crippen molar-refractivity contribution in [1.29, 1.82) is 0 Å². The first-order valence-electron chi connectivity index (χ1n) is 5.40. The molecular formula is C13H19O2S. The molecule has 0 aliphatic rings. The highest BCUT2D eigenvalue weighted by atomic mass is 32.2. The van der Waals surface area contributed by atoms with Gasteiger partial charge in [0.2, 0.25) is 0 Å². The second-order valence-corrected chi connectivity index (χ2v) is 7.06. The Bertz CT molecular complexity index is 436. The minimum Gasteiger partial charge on any atom is -0.224 e. The molecule has 0 fully saturated rings. The summed E-state index contributed by atoms with van der Waals surface area (Å²) in [5, 5.41) is 0. The zero-order chi connectivity index (χ0) is 12.4. The van der Waals surface area contributed by atoms with Crippen LogP contribution in [-0.2, 0) is 15.3 Å². The second-order valence-electron chi connectivity index (χ2n) is 4.95. The summed E-state index contributed by atoms with van der Waals surface area (Å²) in [6.07, 6.45) is 0.406. The first-order chi connectivity index (χ1) is 7.27. The molecule has 3 heteroatoms. The van der Waals surface area contributed by atoms with Crippen molar-refractivity contribution in [2.24, 2.45) is 0 Å². The van der Waals surface area contributed by atoms with Crippen LogP contribution in [0.25, 0.3) is 0 Å². The van der Waals surface area contributed by atoms with E-state index in [4.69, 9.17) is 0 Å².